The van der Waals surface area contributed by atoms with Crippen molar-refractivity contribution in [1.29, 1.82) is 0 Å². The van der Waals surface area contributed by atoms with Crippen LogP contribution in [0.1, 0.15) is 12.0 Å². The van der Waals surface area contributed by atoms with Gasteiger partial charge in [-0.1, -0.05) is 36.4 Å². The second-order valence-electron chi connectivity index (χ2n) is 6.85. The van der Waals surface area contributed by atoms with Crippen LogP contribution in [0.15, 0.2) is 71.7 Å². The lowest BCUT2D eigenvalue weighted by atomic mass is 10.1. The van der Waals surface area contributed by atoms with E-state index < -0.39 is 0 Å². The summed E-state index contributed by atoms with van der Waals surface area (Å²) in [6.07, 6.45) is 6.65. The number of fused-ring (bicyclic) bond motifs is 1. The monoisotopic (exact) mass is 406 g/mol. The Kier molecular flexibility index (Phi) is 7.27. The third kappa shape index (κ3) is 5.29. The molecule has 0 aliphatic rings. The molecule has 0 aliphatic carbocycles. The normalized spacial score (nSPS) is 11.0. The molecule has 1 N–H and O–H groups in total. The van der Waals surface area contributed by atoms with E-state index in [0.29, 0.717) is 30.0 Å². The number of hydrogen-bond acceptors (Lipinski definition) is 4. The van der Waals surface area contributed by atoms with Crippen molar-refractivity contribution in [3.05, 3.63) is 82.8 Å². The Hall–Kier alpha value is -3.54. The minimum Gasteiger partial charge on any atom is -0.493 e. The number of ether oxygens (including phenoxy) is 2. The summed E-state index contributed by atoms with van der Waals surface area (Å²) in [7, 11) is 3.09. The van der Waals surface area contributed by atoms with E-state index in [2.05, 4.69) is 17.4 Å². The number of allylic oxidation sites excluding steroid dienone is 1. The zero-order valence-corrected chi connectivity index (χ0v) is 17.3. The Labute approximate surface area is 175 Å². The molecule has 0 unspecified atom stereocenters. The van der Waals surface area contributed by atoms with Crippen LogP contribution in [-0.2, 0) is 17.8 Å². The number of aryl methyl sites for hydroxylation is 1. The van der Waals surface area contributed by atoms with Crippen LogP contribution in [0.2, 0.25) is 0 Å². The van der Waals surface area contributed by atoms with Crippen molar-refractivity contribution in [2.75, 3.05) is 20.8 Å². The zero-order chi connectivity index (χ0) is 21.3. The molecule has 0 radical (unpaired) electrons. The molecule has 0 bridgehead atoms. The summed E-state index contributed by atoms with van der Waals surface area (Å²) in [4.78, 5) is 24.7. The average molecular weight is 406 g/mol. The molecule has 0 spiro atoms. The molecule has 0 fully saturated rings. The maximum Gasteiger partial charge on any atom is 0.258 e. The molecule has 3 rings (SSSR count). The van der Waals surface area contributed by atoms with Crippen LogP contribution in [0.4, 0.5) is 0 Å². The van der Waals surface area contributed by atoms with Gasteiger partial charge in [0.25, 0.3) is 5.56 Å². The maximum atomic E-state index is 12.7. The van der Waals surface area contributed by atoms with E-state index in [1.165, 1.54) is 18.7 Å². The van der Waals surface area contributed by atoms with E-state index in [9.17, 15) is 9.59 Å². The predicted octanol–water partition coefficient (Wildman–Crippen LogP) is 3.32. The van der Waals surface area contributed by atoms with Crippen molar-refractivity contribution in [3.8, 4) is 11.5 Å². The molecule has 6 heteroatoms. The van der Waals surface area contributed by atoms with Crippen LogP contribution in [0.5, 0.6) is 11.5 Å². The van der Waals surface area contributed by atoms with E-state index in [1.807, 2.05) is 24.3 Å². The standard InChI is InChI=1S/C24H26N2O4/c1-29-21-16-19-12-15-26(24(28)20(19)17-22(21)30-2)14-7-11-23(27)25-13-6-10-18-8-4-3-5-9-18/h3-5,7-9,11-12,15-17H,6,10,13-14H2,1-2H3,(H,25,27)/b11-7+. The van der Waals surface area contributed by atoms with E-state index in [4.69, 9.17) is 9.47 Å². The highest BCUT2D eigenvalue weighted by atomic mass is 16.5. The largest absolute Gasteiger partial charge is 0.493 e. The van der Waals surface area contributed by atoms with Gasteiger partial charge in [0.2, 0.25) is 5.91 Å². The minimum atomic E-state index is -0.164. The lowest BCUT2D eigenvalue weighted by Gasteiger charge is -2.10. The number of aromatic nitrogens is 1. The Morgan fingerprint density at radius 3 is 2.53 bits per heavy atom. The first-order valence-corrected chi connectivity index (χ1v) is 9.86. The SMILES string of the molecule is COc1cc2ccn(C/C=C/C(=O)NCCCc3ccccc3)c(=O)c2cc1OC. The average Bonchev–Trinajstić information content (AvgIpc) is 2.78. The number of benzene rings is 2. The summed E-state index contributed by atoms with van der Waals surface area (Å²) in [5.41, 5.74) is 1.11. The summed E-state index contributed by atoms with van der Waals surface area (Å²) in [5, 5.41) is 4.18. The van der Waals surface area contributed by atoms with E-state index in [1.54, 1.807) is 36.1 Å². The first-order valence-electron chi connectivity index (χ1n) is 9.86. The van der Waals surface area contributed by atoms with Gasteiger partial charge in [-0.15, -0.1) is 0 Å². The molecule has 1 amide bonds. The van der Waals surface area contributed by atoms with Gasteiger partial charge in [0.1, 0.15) is 0 Å². The number of carbonyl (C=O) groups is 1. The van der Waals surface area contributed by atoms with Gasteiger partial charge < -0.3 is 19.4 Å². The highest BCUT2D eigenvalue weighted by Gasteiger charge is 2.09. The molecular weight excluding hydrogens is 380 g/mol. The number of nitrogens with zero attached hydrogens (tertiary/aromatic N) is 1. The summed E-state index contributed by atoms with van der Waals surface area (Å²) in [6.45, 7) is 0.913. The smallest absolute Gasteiger partial charge is 0.258 e. The highest BCUT2D eigenvalue weighted by molar-refractivity contribution is 5.87. The molecule has 1 heterocycles. The van der Waals surface area contributed by atoms with Gasteiger partial charge in [-0.3, -0.25) is 9.59 Å². The summed E-state index contributed by atoms with van der Waals surface area (Å²) >= 11 is 0. The third-order valence-electron chi connectivity index (χ3n) is 4.84. The second kappa shape index (κ2) is 10.3. The Morgan fingerprint density at radius 2 is 1.80 bits per heavy atom. The molecule has 0 aliphatic heterocycles. The zero-order valence-electron chi connectivity index (χ0n) is 17.3. The molecule has 3 aromatic rings. The van der Waals surface area contributed by atoms with Crippen LogP contribution in [-0.4, -0.2) is 31.2 Å². The van der Waals surface area contributed by atoms with Gasteiger partial charge in [0, 0.05) is 25.4 Å². The Balaban J connectivity index is 1.56. The lowest BCUT2D eigenvalue weighted by Crippen LogP contribution is -2.23. The molecule has 0 atom stereocenters. The Morgan fingerprint density at radius 1 is 1.07 bits per heavy atom. The fourth-order valence-electron chi connectivity index (χ4n) is 3.24. The van der Waals surface area contributed by atoms with Crippen molar-refractivity contribution in [2.24, 2.45) is 0 Å². The fraction of sp³-hybridized carbons (Fsp3) is 0.250. The van der Waals surface area contributed by atoms with Crippen molar-refractivity contribution >= 4 is 16.7 Å². The van der Waals surface area contributed by atoms with Crippen molar-refractivity contribution < 1.29 is 14.3 Å². The van der Waals surface area contributed by atoms with Crippen LogP contribution in [0.3, 0.4) is 0 Å². The van der Waals surface area contributed by atoms with Gasteiger partial charge in [-0.25, -0.2) is 0 Å². The number of carbonyl (C=O) groups excluding carboxylic acids is 1. The van der Waals surface area contributed by atoms with Crippen LogP contribution in [0.25, 0.3) is 10.8 Å². The number of nitrogens with one attached hydrogen (secondary N) is 1. The fourth-order valence-corrected chi connectivity index (χ4v) is 3.24. The number of methoxy groups -OCH3 is 2. The first kappa shape index (κ1) is 21.2. The molecule has 0 saturated heterocycles. The highest BCUT2D eigenvalue weighted by Crippen LogP contribution is 2.30. The number of rotatable bonds is 9. The van der Waals surface area contributed by atoms with Gasteiger partial charge >= 0.3 is 0 Å². The molecule has 1 aromatic heterocycles. The molecule has 6 nitrogen and oxygen atoms in total. The number of hydrogen-bond donors (Lipinski definition) is 1. The second-order valence-corrected chi connectivity index (χ2v) is 6.85. The van der Waals surface area contributed by atoms with Crippen LogP contribution in [0, 0.1) is 0 Å². The minimum absolute atomic E-state index is 0.152. The summed E-state index contributed by atoms with van der Waals surface area (Å²) in [6, 6.07) is 15.5. The van der Waals surface area contributed by atoms with Crippen molar-refractivity contribution in [3.63, 3.8) is 0 Å². The van der Waals surface area contributed by atoms with Gasteiger partial charge in [0.05, 0.1) is 19.6 Å². The molecule has 0 saturated carbocycles. The Bertz CT molecular complexity index is 1090. The quantitative estimate of drug-likeness (QED) is 0.437. The topological polar surface area (TPSA) is 69.6 Å². The predicted molar refractivity (Wildman–Crippen MR) is 118 cm³/mol. The maximum absolute atomic E-state index is 12.7. The summed E-state index contributed by atoms with van der Waals surface area (Å²) < 4.78 is 12.1. The third-order valence-corrected chi connectivity index (χ3v) is 4.84. The molecular formula is C24H26N2O4. The van der Waals surface area contributed by atoms with Crippen molar-refractivity contribution in [2.45, 2.75) is 19.4 Å². The lowest BCUT2D eigenvalue weighted by molar-refractivity contribution is -0.116. The van der Waals surface area contributed by atoms with Crippen LogP contribution >= 0.6 is 0 Å². The van der Waals surface area contributed by atoms with E-state index in [-0.39, 0.29) is 11.5 Å². The number of amides is 1. The molecule has 2 aromatic carbocycles. The first-order chi connectivity index (χ1) is 14.6. The summed E-state index contributed by atoms with van der Waals surface area (Å²) in [5.74, 6) is 0.916. The van der Waals surface area contributed by atoms with Gasteiger partial charge in [-0.05, 0) is 42.0 Å². The van der Waals surface area contributed by atoms with Gasteiger partial charge in [0.15, 0.2) is 11.5 Å². The molecule has 30 heavy (non-hydrogen) atoms. The number of pyridine rings is 1. The van der Waals surface area contributed by atoms with Gasteiger partial charge in [-0.2, -0.15) is 0 Å². The van der Waals surface area contributed by atoms with E-state index >= 15 is 0 Å². The van der Waals surface area contributed by atoms with Crippen LogP contribution < -0.4 is 20.3 Å². The van der Waals surface area contributed by atoms with Crippen molar-refractivity contribution in [1.82, 2.24) is 9.88 Å². The molecule has 156 valence electrons. The van der Waals surface area contributed by atoms with E-state index in [0.717, 1.165) is 18.2 Å².